The fourth-order valence-electron chi connectivity index (χ4n) is 2.32. The summed E-state index contributed by atoms with van der Waals surface area (Å²) in [6, 6.07) is 5.36. The SMILES string of the molecule is NNc1nc(-c2ccc(Cl)c(Cl)c2)nc2c1CCC2. The van der Waals surface area contributed by atoms with Gasteiger partial charge in [-0.15, -0.1) is 0 Å². The number of benzene rings is 1. The molecule has 1 aliphatic carbocycles. The number of nitrogen functional groups attached to an aromatic ring is 1. The first-order valence-electron chi connectivity index (χ1n) is 6.01. The van der Waals surface area contributed by atoms with Crippen molar-refractivity contribution in [3.05, 3.63) is 39.5 Å². The number of halogens is 2. The first-order chi connectivity index (χ1) is 9.19. The number of rotatable bonds is 2. The normalized spacial score (nSPS) is 13.4. The van der Waals surface area contributed by atoms with Crippen LogP contribution in [0.4, 0.5) is 5.82 Å². The maximum Gasteiger partial charge on any atom is 0.161 e. The molecule has 3 rings (SSSR count). The fourth-order valence-corrected chi connectivity index (χ4v) is 2.61. The van der Waals surface area contributed by atoms with Gasteiger partial charge < -0.3 is 5.43 Å². The Morgan fingerprint density at radius 2 is 1.95 bits per heavy atom. The van der Waals surface area contributed by atoms with Gasteiger partial charge in [0.15, 0.2) is 5.82 Å². The second-order valence-corrected chi connectivity index (χ2v) is 5.26. The van der Waals surface area contributed by atoms with Crippen molar-refractivity contribution in [2.45, 2.75) is 19.3 Å². The van der Waals surface area contributed by atoms with Gasteiger partial charge in [-0.1, -0.05) is 23.2 Å². The molecule has 0 amide bonds. The van der Waals surface area contributed by atoms with Crippen LogP contribution >= 0.6 is 23.2 Å². The number of hydrogen-bond acceptors (Lipinski definition) is 4. The number of hydrazine groups is 1. The molecule has 4 nitrogen and oxygen atoms in total. The van der Waals surface area contributed by atoms with Gasteiger partial charge in [-0.05, 0) is 37.5 Å². The molecule has 0 unspecified atom stereocenters. The summed E-state index contributed by atoms with van der Waals surface area (Å²) < 4.78 is 0. The Bertz CT molecular complexity index is 643. The molecule has 3 N–H and O–H groups in total. The molecular formula is C13H12Cl2N4. The highest BCUT2D eigenvalue weighted by Gasteiger charge is 2.19. The lowest BCUT2D eigenvalue weighted by molar-refractivity contribution is 0.900. The second-order valence-electron chi connectivity index (χ2n) is 4.45. The van der Waals surface area contributed by atoms with Gasteiger partial charge in [0.2, 0.25) is 0 Å². The van der Waals surface area contributed by atoms with Crippen LogP contribution < -0.4 is 11.3 Å². The average molecular weight is 295 g/mol. The zero-order valence-electron chi connectivity index (χ0n) is 10.1. The van der Waals surface area contributed by atoms with E-state index in [0.29, 0.717) is 21.7 Å². The van der Waals surface area contributed by atoms with E-state index >= 15 is 0 Å². The molecule has 1 aromatic carbocycles. The zero-order chi connectivity index (χ0) is 13.4. The summed E-state index contributed by atoms with van der Waals surface area (Å²) in [4.78, 5) is 9.05. The van der Waals surface area contributed by atoms with Gasteiger partial charge in [0.05, 0.1) is 10.0 Å². The maximum absolute atomic E-state index is 6.03. The van der Waals surface area contributed by atoms with Crippen LogP contribution in [-0.2, 0) is 12.8 Å². The van der Waals surface area contributed by atoms with Gasteiger partial charge in [0.1, 0.15) is 5.82 Å². The molecule has 0 saturated carbocycles. The van der Waals surface area contributed by atoms with Crippen LogP contribution in [0.15, 0.2) is 18.2 Å². The lowest BCUT2D eigenvalue weighted by atomic mass is 10.2. The predicted octanol–water partition coefficient (Wildman–Crippen LogP) is 3.22. The molecule has 0 bridgehead atoms. The number of aromatic nitrogens is 2. The number of nitrogens with zero attached hydrogens (tertiary/aromatic N) is 2. The minimum Gasteiger partial charge on any atom is -0.308 e. The Labute approximate surface area is 120 Å². The van der Waals surface area contributed by atoms with Crippen LogP contribution in [0.3, 0.4) is 0 Å². The highest BCUT2D eigenvalue weighted by molar-refractivity contribution is 6.42. The van der Waals surface area contributed by atoms with Crippen LogP contribution in [-0.4, -0.2) is 9.97 Å². The molecule has 0 atom stereocenters. The molecule has 1 aliphatic rings. The van der Waals surface area contributed by atoms with Crippen molar-refractivity contribution in [3.63, 3.8) is 0 Å². The van der Waals surface area contributed by atoms with Crippen molar-refractivity contribution in [1.29, 1.82) is 0 Å². The average Bonchev–Trinajstić information content (AvgIpc) is 2.89. The minimum atomic E-state index is 0.491. The summed E-state index contributed by atoms with van der Waals surface area (Å²) in [7, 11) is 0. The van der Waals surface area contributed by atoms with E-state index in [1.54, 1.807) is 12.1 Å². The van der Waals surface area contributed by atoms with Crippen LogP contribution in [0.5, 0.6) is 0 Å². The van der Waals surface area contributed by atoms with Gasteiger partial charge >= 0.3 is 0 Å². The zero-order valence-corrected chi connectivity index (χ0v) is 11.6. The summed E-state index contributed by atoms with van der Waals surface area (Å²) in [5.41, 5.74) is 5.66. The molecule has 98 valence electrons. The summed E-state index contributed by atoms with van der Waals surface area (Å²) >= 11 is 11.9. The molecule has 2 aromatic rings. The smallest absolute Gasteiger partial charge is 0.161 e. The van der Waals surface area contributed by atoms with Crippen molar-refractivity contribution < 1.29 is 0 Å². The largest absolute Gasteiger partial charge is 0.308 e. The summed E-state index contributed by atoms with van der Waals surface area (Å²) in [6.45, 7) is 0. The number of nitrogens with two attached hydrogens (primary N) is 1. The highest BCUT2D eigenvalue weighted by atomic mass is 35.5. The number of nitrogens with one attached hydrogen (secondary N) is 1. The molecule has 19 heavy (non-hydrogen) atoms. The van der Waals surface area contributed by atoms with Crippen LogP contribution in [0.25, 0.3) is 11.4 Å². The van der Waals surface area contributed by atoms with E-state index in [2.05, 4.69) is 15.4 Å². The van der Waals surface area contributed by atoms with Gasteiger partial charge in [0.25, 0.3) is 0 Å². The standard InChI is InChI=1S/C13H12Cl2N4/c14-9-5-4-7(6-10(9)15)12-17-11-3-1-2-8(11)13(18-12)19-16/h4-6H,1-3,16H2,(H,17,18,19). The summed E-state index contributed by atoms with van der Waals surface area (Å²) in [5, 5.41) is 1.01. The minimum absolute atomic E-state index is 0.491. The second kappa shape index (κ2) is 4.96. The van der Waals surface area contributed by atoms with Crippen molar-refractivity contribution >= 4 is 29.0 Å². The number of anilines is 1. The quantitative estimate of drug-likeness (QED) is 0.659. The Morgan fingerprint density at radius 1 is 1.11 bits per heavy atom. The van der Waals surface area contributed by atoms with E-state index < -0.39 is 0 Å². The van der Waals surface area contributed by atoms with E-state index in [1.165, 1.54) is 0 Å². The van der Waals surface area contributed by atoms with E-state index in [-0.39, 0.29) is 0 Å². The third-order valence-electron chi connectivity index (χ3n) is 3.25. The molecule has 0 spiro atoms. The summed E-state index contributed by atoms with van der Waals surface area (Å²) in [6.07, 6.45) is 3.01. The number of fused-ring (bicyclic) bond motifs is 1. The number of hydrogen-bond donors (Lipinski definition) is 2. The third kappa shape index (κ3) is 2.27. The molecule has 1 heterocycles. The van der Waals surface area contributed by atoms with Crippen LogP contribution in [0, 0.1) is 0 Å². The Morgan fingerprint density at radius 3 is 2.68 bits per heavy atom. The first kappa shape index (κ1) is 12.7. The Hall–Kier alpha value is -1.36. The lowest BCUT2D eigenvalue weighted by Gasteiger charge is -2.09. The fraction of sp³-hybridized carbons (Fsp3) is 0.231. The molecule has 0 radical (unpaired) electrons. The molecule has 0 saturated heterocycles. The monoisotopic (exact) mass is 294 g/mol. The molecule has 0 fully saturated rings. The van der Waals surface area contributed by atoms with Crippen LogP contribution in [0.2, 0.25) is 10.0 Å². The Balaban J connectivity index is 2.12. The third-order valence-corrected chi connectivity index (χ3v) is 3.99. The lowest BCUT2D eigenvalue weighted by Crippen LogP contribution is -2.12. The van der Waals surface area contributed by atoms with E-state index in [4.69, 9.17) is 29.0 Å². The topological polar surface area (TPSA) is 63.8 Å². The van der Waals surface area contributed by atoms with E-state index in [9.17, 15) is 0 Å². The molecular weight excluding hydrogens is 283 g/mol. The van der Waals surface area contributed by atoms with E-state index in [1.807, 2.05) is 6.07 Å². The maximum atomic E-state index is 6.03. The van der Waals surface area contributed by atoms with Gasteiger partial charge in [-0.2, -0.15) is 0 Å². The molecule has 0 aliphatic heterocycles. The first-order valence-corrected chi connectivity index (χ1v) is 6.76. The van der Waals surface area contributed by atoms with Crippen molar-refractivity contribution in [1.82, 2.24) is 9.97 Å². The summed E-state index contributed by atoms with van der Waals surface area (Å²) in [5.74, 6) is 6.85. The number of aryl methyl sites for hydroxylation is 1. The van der Waals surface area contributed by atoms with Gasteiger partial charge in [0, 0.05) is 16.8 Å². The van der Waals surface area contributed by atoms with Crippen molar-refractivity contribution in [2.75, 3.05) is 5.43 Å². The predicted molar refractivity (Wildman–Crippen MR) is 77.3 cm³/mol. The molecule has 1 aromatic heterocycles. The van der Waals surface area contributed by atoms with Gasteiger partial charge in [-0.3, -0.25) is 0 Å². The molecule has 6 heteroatoms. The van der Waals surface area contributed by atoms with E-state index in [0.717, 1.165) is 36.1 Å². The van der Waals surface area contributed by atoms with Gasteiger partial charge in [-0.25, -0.2) is 15.8 Å². The van der Waals surface area contributed by atoms with Crippen LogP contribution in [0.1, 0.15) is 17.7 Å². The van der Waals surface area contributed by atoms with Crippen molar-refractivity contribution in [3.8, 4) is 11.4 Å². The Kier molecular flexibility index (Phi) is 3.31. The highest BCUT2D eigenvalue weighted by Crippen LogP contribution is 2.31. The van der Waals surface area contributed by atoms with Crippen molar-refractivity contribution in [2.24, 2.45) is 5.84 Å².